The van der Waals surface area contributed by atoms with Crippen LogP contribution in [0.4, 0.5) is 0 Å². The van der Waals surface area contributed by atoms with Crippen LogP contribution in [-0.2, 0) is 26.7 Å². The molecular formula is C19H24ClN5O. The molecule has 26 heavy (non-hydrogen) atoms. The summed E-state index contributed by atoms with van der Waals surface area (Å²) < 4.78 is 3.94. The Morgan fingerprint density at radius 1 is 1.27 bits per heavy atom. The van der Waals surface area contributed by atoms with Gasteiger partial charge in [-0.2, -0.15) is 10.2 Å². The molecule has 0 bridgehead atoms. The maximum atomic E-state index is 10.1. The molecular weight excluding hydrogens is 350 g/mol. The molecule has 0 radical (unpaired) electrons. The summed E-state index contributed by atoms with van der Waals surface area (Å²) in [4.78, 5) is 2.38. The molecule has 3 aromatic rings. The molecule has 1 aliphatic rings. The molecule has 4 rings (SSSR count). The highest BCUT2D eigenvalue weighted by Crippen LogP contribution is 2.28. The van der Waals surface area contributed by atoms with E-state index in [4.69, 9.17) is 16.7 Å². The number of benzene rings is 1. The number of aliphatic hydroxyl groups is 1. The normalized spacial score (nSPS) is 16.6. The van der Waals surface area contributed by atoms with Gasteiger partial charge in [0, 0.05) is 38.6 Å². The van der Waals surface area contributed by atoms with Crippen molar-refractivity contribution in [1.82, 2.24) is 24.5 Å². The van der Waals surface area contributed by atoms with Crippen LogP contribution in [0.25, 0.3) is 10.9 Å². The van der Waals surface area contributed by atoms with E-state index in [1.54, 1.807) is 0 Å². The Morgan fingerprint density at radius 2 is 2.12 bits per heavy atom. The smallest absolute Gasteiger partial charge is 0.0975 e. The van der Waals surface area contributed by atoms with Gasteiger partial charge in [-0.15, -0.1) is 0 Å². The zero-order chi connectivity index (χ0) is 18.3. The lowest BCUT2D eigenvalue weighted by molar-refractivity contribution is 0.167. The summed E-state index contributed by atoms with van der Waals surface area (Å²) in [5.41, 5.74) is 3.99. The second kappa shape index (κ2) is 7.02. The van der Waals surface area contributed by atoms with Gasteiger partial charge in [0.2, 0.25) is 0 Å². The lowest BCUT2D eigenvalue weighted by Crippen LogP contribution is -2.23. The molecule has 0 saturated heterocycles. The fourth-order valence-electron chi connectivity index (χ4n) is 3.73. The van der Waals surface area contributed by atoms with Gasteiger partial charge in [-0.3, -0.25) is 14.3 Å². The Morgan fingerprint density at radius 3 is 2.92 bits per heavy atom. The third-order valence-corrected chi connectivity index (χ3v) is 5.43. The molecule has 1 atom stereocenters. The van der Waals surface area contributed by atoms with Gasteiger partial charge in [0.15, 0.2) is 0 Å². The third kappa shape index (κ3) is 3.13. The van der Waals surface area contributed by atoms with E-state index in [2.05, 4.69) is 10.00 Å². The van der Waals surface area contributed by atoms with Crippen molar-refractivity contribution in [2.45, 2.75) is 45.5 Å². The minimum Gasteiger partial charge on any atom is -0.387 e. The van der Waals surface area contributed by atoms with Gasteiger partial charge in [-0.05, 0) is 31.0 Å². The molecule has 138 valence electrons. The predicted octanol–water partition coefficient (Wildman–Crippen LogP) is 3.27. The number of nitrogens with zero attached hydrogens (tertiary/aromatic N) is 5. The number of fused-ring (bicyclic) bond motifs is 2. The Labute approximate surface area is 158 Å². The van der Waals surface area contributed by atoms with Crippen LogP contribution in [0.5, 0.6) is 0 Å². The fraction of sp³-hybridized carbons (Fsp3) is 0.474. The molecule has 2 aromatic heterocycles. The third-order valence-electron chi connectivity index (χ3n) is 5.11. The lowest BCUT2D eigenvalue weighted by Gasteiger charge is -2.18. The van der Waals surface area contributed by atoms with Crippen LogP contribution in [0.3, 0.4) is 0 Å². The van der Waals surface area contributed by atoms with Crippen molar-refractivity contribution < 1.29 is 5.11 Å². The molecule has 0 saturated carbocycles. The first-order chi connectivity index (χ1) is 12.6. The van der Waals surface area contributed by atoms with Crippen molar-refractivity contribution in [1.29, 1.82) is 0 Å². The minimum atomic E-state index is -0.485. The van der Waals surface area contributed by atoms with Crippen LogP contribution >= 0.6 is 11.6 Å². The Hall–Kier alpha value is -1.89. The molecule has 3 heterocycles. The maximum absolute atomic E-state index is 10.1. The molecule has 0 aliphatic carbocycles. The zero-order valence-corrected chi connectivity index (χ0v) is 15.9. The molecule has 0 fully saturated rings. The second-order valence-electron chi connectivity index (χ2n) is 6.98. The van der Waals surface area contributed by atoms with E-state index in [-0.39, 0.29) is 0 Å². The number of aliphatic hydroxyl groups excluding tert-OH is 1. The van der Waals surface area contributed by atoms with Crippen LogP contribution in [0.15, 0.2) is 24.3 Å². The van der Waals surface area contributed by atoms with Crippen LogP contribution in [0, 0.1) is 0 Å². The van der Waals surface area contributed by atoms with E-state index in [1.807, 2.05) is 47.6 Å². The first-order valence-electron chi connectivity index (χ1n) is 9.14. The number of aromatic nitrogens is 4. The van der Waals surface area contributed by atoms with Crippen LogP contribution in [0.2, 0.25) is 5.02 Å². The SMILES string of the molecule is CC[C@H](O)c1cc2n(n1)CCCN(Cc1nn(C)c3cccc(Cl)c13)C2. The topological polar surface area (TPSA) is 59.1 Å². The van der Waals surface area contributed by atoms with E-state index in [1.165, 1.54) is 0 Å². The van der Waals surface area contributed by atoms with Crippen molar-refractivity contribution >= 4 is 22.5 Å². The van der Waals surface area contributed by atoms with Gasteiger partial charge in [0.25, 0.3) is 0 Å². The van der Waals surface area contributed by atoms with Gasteiger partial charge < -0.3 is 5.11 Å². The zero-order valence-electron chi connectivity index (χ0n) is 15.2. The van der Waals surface area contributed by atoms with Gasteiger partial charge in [0.1, 0.15) is 0 Å². The average Bonchev–Trinajstić information content (AvgIpc) is 3.11. The Bertz CT molecular complexity index is 932. The van der Waals surface area contributed by atoms with Crippen LogP contribution in [0.1, 0.15) is 43.0 Å². The van der Waals surface area contributed by atoms with E-state index < -0.39 is 6.10 Å². The van der Waals surface area contributed by atoms with Crippen molar-refractivity contribution in [2.75, 3.05) is 6.54 Å². The van der Waals surface area contributed by atoms with Crippen molar-refractivity contribution in [2.24, 2.45) is 7.05 Å². The van der Waals surface area contributed by atoms with Gasteiger partial charge in [-0.25, -0.2) is 0 Å². The number of hydrogen-bond acceptors (Lipinski definition) is 4. The fourth-order valence-corrected chi connectivity index (χ4v) is 4.01. The molecule has 0 amide bonds. The molecule has 7 heteroatoms. The van der Waals surface area contributed by atoms with E-state index in [0.29, 0.717) is 6.42 Å². The average molecular weight is 374 g/mol. The minimum absolute atomic E-state index is 0.485. The van der Waals surface area contributed by atoms with Gasteiger partial charge in [0.05, 0.1) is 33.7 Å². The van der Waals surface area contributed by atoms with E-state index in [0.717, 1.165) is 65.6 Å². The molecule has 1 aliphatic heterocycles. The van der Waals surface area contributed by atoms with Gasteiger partial charge >= 0.3 is 0 Å². The largest absolute Gasteiger partial charge is 0.387 e. The summed E-state index contributed by atoms with van der Waals surface area (Å²) in [6, 6.07) is 7.97. The maximum Gasteiger partial charge on any atom is 0.0975 e. The molecule has 0 unspecified atom stereocenters. The molecule has 6 nitrogen and oxygen atoms in total. The summed E-state index contributed by atoms with van der Waals surface area (Å²) in [6.07, 6.45) is 1.22. The summed E-state index contributed by atoms with van der Waals surface area (Å²) >= 11 is 6.45. The molecule has 0 spiro atoms. The highest BCUT2D eigenvalue weighted by atomic mass is 35.5. The summed E-state index contributed by atoms with van der Waals surface area (Å²) in [7, 11) is 1.96. The standard InChI is InChI=1S/C19H24ClN5O/c1-3-18(26)15-10-13-11-24(8-5-9-25(13)22-15)12-16-19-14(20)6-4-7-17(19)23(2)21-16/h4,6-7,10,18,26H,3,5,8-9,11-12H2,1-2H3/t18-/m0/s1. The monoisotopic (exact) mass is 373 g/mol. The number of rotatable bonds is 4. The second-order valence-corrected chi connectivity index (χ2v) is 7.38. The van der Waals surface area contributed by atoms with Crippen molar-refractivity contribution in [3.8, 4) is 0 Å². The summed E-state index contributed by atoms with van der Waals surface area (Å²) in [6.45, 7) is 5.38. The Balaban J connectivity index is 1.61. The number of aryl methyl sites for hydroxylation is 2. The lowest BCUT2D eigenvalue weighted by atomic mass is 10.2. The predicted molar refractivity (Wildman–Crippen MR) is 102 cm³/mol. The first kappa shape index (κ1) is 17.5. The number of hydrogen-bond donors (Lipinski definition) is 1. The Kier molecular flexibility index (Phi) is 4.73. The quantitative estimate of drug-likeness (QED) is 0.762. The first-order valence-corrected chi connectivity index (χ1v) is 9.51. The molecule has 1 aromatic carbocycles. The summed E-state index contributed by atoms with van der Waals surface area (Å²) in [5.74, 6) is 0. The van der Waals surface area contributed by atoms with Crippen molar-refractivity contribution in [3.05, 3.63) is 46.4 Å². The number of halogens is 1. The highest BCUT2D eigenvalue weighted by Gasteiger charge is 2.21. The highest BCUT2D eigenvalue weighted by molar-refractivity contribution is 6.35. The molecule has 1 N–H and O–H groups in total. The summed E-state index contributed by atoms with van der Waals surface area (Å²) in [5, 5.41) is 21.2. The van der Waals surface area contributed by atoms with Crippen LogP contribution in [-0.4, -0.2) is 36.1 Å². The van der Waals surface area contributed by atoms with E-state index in [9.17, 15) is 5.11 Å². The van der Waals surface area contributed by atoms with Crippen LogP contribution < -0.4 is 0 Å². The van der Waals surface area contributed by atoms with E-state index >= 15 is 0 Å². The van der Waals surface area contributed by atoms with Crippen molar-refractivity contribution in [3.63, 3.8) is 0 Å². The van der Waals surface area contributed by atoms with Gasteiger partial charge in [-0.1, -0.05) is 24.6 Å².